The molecule has 2 heterocycles. The van der Waals surface area contributed by atoms with Gasteiger partial charge >= 0.3 is 0 Å². The third kappa shape index (κ3) is 4.76. The van der Waals surface area contributed by atoms with Gasteiger partial charge in [-0.15, -0.1) is 0 Å². The molecule has 1 saturated heterocycles. The van der Waals surface area contributed by atoms with Crippen LogP contribution in [0.2, 0.25) is 0 Å². The number of guanidine groups is 1. The van der Waals surface area contributed by atoms with Crippen LogP contribution in [0.15, 0.2) is 53.5 Å². The van der Waals surface area contributed by atoms with E-state index in [1.54, 1.807) is 7.11 Å². The average Bonchev–Trinajstić information content (AvgIpc) is 3.38. The number of para-hydroxylation sites is 4. The molecule has 0 spiro atoms. The van der Waals surface area contributed by atoms with Crippen molar-refractivity contribution in [2.45, 2.75) is 32.9 Å². The number of imidazole rings is 1. The number of fused-ring (bicyclic) bond motifs is 1. The molecule has 0 radical (unpaired) electrons. The molecule has 0 bridgehead atoms. The number of ether oxygens (including phenoxy) is 1. The van der Waals surface area contributed by atoms with Crippen molar-refractivity contribution >= 4 is 22.7 Å². The number of aromatic nitrogens is 2. The minimum absolute atomic E-state index is 0.346. The standard InChI is InChI=1S/C24H32N6O/c1-4-25-24(26-14-16-30-18(2)27-20-9-5-6-10-21(20)30)28-19-13-15-29(17-19)22-11-7-8-12-23(22)31-3/h5-12,19H,4,13-17H2,1-3H3,(H2,25,26,28). The molecule has 1 aliphatic rings. The molecule has 4 rings (SSSR count). The maximum atomic E-state index is 5.54. The van der Waals surface area contributed by atoms with Gasteiger partial charge in [-0.05, 0) is 44.5 Å². The Kier molecular flexibility index (Phi) is 6.60. The second kappa shape index (κ2) is 9.73. The summed E-state index contributed by atoms with van der Waals surface area (Å²) in [6, 6.07) is 16.8. The van der Waals surface area contributed by atoms with Crippen LogP contribution in [0.3, 0.4) is 0 Å². The first-order valence-corrected chi connectivity index (χ1v) is 11.0. The van der Waals surface area contributed by atoms with Crippen molar-refractivity contribution in [3.8, 4) is 5.75 Å². The molecule has 1 fully saturated rings. The van der Waals surface area contributed by atoms with Gasteiger partial charge in [0.05, 0.1) is 30.4 Å². The minimum atomic E-state index is 0.346. The third-order valence-corrected chi connectivity index (χ3v) is 5.74. The first-order valence-electron chi connectivity index (χ1n) is 11.0. The van der Waals surface area contributed by atoms with Crippen LogP contribution in [0, 0.1) is 6.92 Å². The minimum Gasteiger partial charge on any atom is -0.495 e. The van der Waals surface area contributed by atoms with Gasteiger partial charge in [-0.3, -0.25) is 4.99 Å². The van der Waals surface area contributed by atoms with E-state index in [1.165, 1.54) is 0 Å². The van der Waals surface area contributed by atoms with Crippen LogP contribution in [0.1, 0.15) is 19.2 Å². The van der Waals surface area contributed by atoms with Crippen LogP contribution in [0.5, 0.6) is 5.75 Å². The zero-order valence-corrected chi connectivity index (χ0v) is 18.6. The van der Waals surface area contributed by atoms with E-state index in [1.807, 2.05) is 18.2 Å². The van der Waals surface area contributed by atoms with Crippen molar-refractivity contribution in [1.29, 1.82) is 0 Å². The number of hydrogen-bond donors (Lipinski definition) is 2. The molecule has 2 aromatic carbocycles. The highest BCUT2D eigenvalue weighted by atomic mass is 16.5. The summed E-state index contributed by atoms with van der Waals surface area (Å²) in [6.07, 6.45) is 1.06. The lowest BCUT2D eigenvalue weighted by Gasteiger charge is -2.22. The van der Waals surface area contributed by atoms with Crippen molar-refractivity contribution < 1.29 is 4.74 Å². The Morgan fingerprint density at radius 3 is 2.84 bits per heavy atom. The summed E-state index contributed by atoms with van der Waals surface area (Å²) in [6.45, 7) is 8.41. The van der Waals surface area contributed by atoms with Crippen molar-refractivity contribution in [2.24, 2.45) is 4.99 Å². The predicted octanol–water partition coefficient (Wildman–Crippen LogP) is 3.19. The van der Waals surface area contributed by atoms with Gasteiger partial charge < -0.3 is 24.8 Å². The van der Waals surface area contributed by atoms with Crippen LogP contribution in [-0.4, -0.2) is 54.8 Å². The molecule has 2 N–H and O–H groups in total. The summed E-state index contributed by atoms with van der Waals surface area (Å²) in [5.74, 6) is 2.82. The zero-order valence-electron chi connectivity index (χ0n) is 18.6. The van der Waals surface area contributed by atoms with Crippen LogP contribution >= 0.6 is 0 Å². The summed E-state index contributed by atoms with van der Waals surface area (Å²) in [5.41, 5.74) is 3.35. The molecule has 1 unspecified atom stereocenters. The second-order valence-electron chi connectivity index (χ2n) is 7.81. The van der Waals surface area contributed by atoms with Gasteiger partial charge in [0.25, 0.3) is 0 Å². The van der Waals surface area contributed by atoms with E-state index in [0.717, 1.165) is 66.9 Å². The van der Waals surface area contributed by atoms with E-state index in [2.05, 4.69) is 69.3 Å². The van der Waals surface area contributed by atoms with Crippen molar-refractivity contribution in [3.63, 3.8) is 0 Å². The Morgan fingerprint density at radius 1 is 1.19 bits per heavy atom. The molecule has 1 aromatic heterocycles. The largest absolute Gasteiger partial charge is 0.495 e. The van der Waals surface area contributed by atoms with Gasteiger partial charge in [0.15, 0.2) is 5.96 Å². The van der Waals surface area contributed by atoms with Crippen LogP contribution in [0.4, 0.5) is 5.69 Å². The first-order chi connectivity index (χ1) is 15.2. The summed E-state index contributed by atoms with van der Waals surface area (Å²) in [4.78, 5) is 11.9. The SMILES string of the molecule is CCNC(=NCCn1c(C)nc2ccccc21)NC1CCN(c2ccccc2OC)C1. The molecule has 7 nitrogen and oxygen atoms in total. The number of benzene rings is 2. The molecule has 164 valence electrons. The van der Waals surface area contributed by atoms with Crippen LogP contribution in [0.25, 0.3) is 11.0 Å². The summed E-state index contributed by atoms with van der Waals surface area (Å²) in [7, 11) is 1.73. The topological polar surface area (TPSA) is 66.7 Å². The molecular weight excluding hydrogens is 388 g/mol. The number of methoxy groups -OCH3 is 1. The Balaban J connectivity index is 1.39. The Labute approximate surface area is 184 Å². The van der Waals surface area contributed by atoms with Gasteiger partial charge in [-0.2, -0.15) is 0 Å². The molecule has 31 heavy (non-hydrogen) atoms. The van der Waals surface area contributed by atoms with Gasteiger partial charge in [-0.1, -0.05) is 24.3 Å². The second-order valence-corrected chi connectivity index (χ2v) is 7.81. The highest BCUT2D eigenvalue weighted by Crippen LogP contribution is 2.30. The number of nitrogens with one attached hydrogen (secondary N) is 2. The monoisotopic (exact) mass is 420 g/mol. The molecule has 0 amide bonds. The zero-order chi connectivity index (χ0) is 21.6. The first kappa shape index (κ1) is 21.0. The average molecular weight is 421 g/mol. The molecule has 0 aliphatic carbocycles. The number of nitrogens with zero attached hydrogens (tertiary/aromatic N) is 4. The van der Waals surface area contributed by atoms with E-state index < -0.39 is 0 Å². The number of aliphatic imine (C=N–C) groups is 1. The molecule has 7 heteroatoms. The fraction of sp³-hybridized carbons (Fsp3) is 0.417. The highest BCUT2D eigenvalue weighted by Gasteiger charge is 2.25. The lowest BCUT2D eigenvalue weighted by atomic mass is 10.2. The Hall–Kier alpha value is -3.22. The lowest BCUT2D eigenvalue weighted by molar-refractivity contribution is 0.415. The van der Waals surface area contributed by atoms with Crippen molar-refractivity contribution in [1.82, 2.24) is 20.2 Å². The maximum Gasteiger partial charge on any atom is 0.191 e. The van der Waals surface area contributed by atoms with E-state index >= 15 is 0 Å². The van der Waals surface area contributed by atoms with Crippen LogP contribution < -0.4 is 20.3 Å². The summed E-state index contributed by atoms with van der Waals surface area (Å²) < 4.78 is 7.77. The normalized spacial score (nSPS) is 16.7. The molecule has 1 atom stereocenters. The van der Waals surface area contributed by atoms with Gasteiger partial charge in [0, 0.05) is 32.2 Å². The molecule has 1 aliphatic heterocycles. The van der Waals surface area contributed by atoms with Crippen molar-refractivity contribution in [2.75, 3.05) is 38.2 Å². The quantitative estimate of drug-likeness (QED) is 0.454. The maximum absolute atomic E-state index is 5.54. The fourth-order valence-corrected chi connectivity index (χ4v) is 4.24. The van der Waals surface area contributed by atoms with Gasteiger partial charge in [-0.25, -0.2) is 4.98 Å². The fourth-order valence-electron chi connectivity index (χ4n) is 4.24. The molecule has 0 saturated carbocycles. The van der Waals surface area contributed by atoms with E-state index in [0.29, 0.717) is 12.6 Å². The molecule has 3 aromatic rings. The van der Waals surface area contributed by atoms with Gasteiger partial charge in [0.2, 0.25) is 0 Å². The predicted molar refractivity (Wildman–Crippen MR) is 127 cm³/mol. The Morgan fingerprint density at radius 2 is 2.00 bits per heavy atom. The summed E-state index contributed by atoms with van der Waals surface area (Å²) in [5, 5.41) is 7.01. The lowest BCUT2D eigenvalue weighted by Crippen LogP contribution is -2.44. The van der Waals surface area contributed by atoms with Crippen LogP contribution in [-0.2, 0) is 6.54 Å². The number of hydrogen-bond acceptors (Lipinski definition) is 4. The van der Waals surface area contributed by atoms with Gasteiger partial charge in [0.1, 0.15) is 11.6 Å². The highest BCUT2D eigenvalue weighted by molar-refractivity contribution is 5.80. The van der Waals surface area contributed by atoms with Crippen molar-refractivity contribution in [3.05, 3.63) is 54.4 Å². The smallest absolute Gasteiger partial charge is 0.191 e. The van der Waals surface area contributed by atoms with E-state index in [-0.39, 0.29) is 0 Å². The van der Waals surface area contributed by atoms with E-state index in [4.69, 9.17) is 9.73 Å². The Bertz CT molecular complexity index is 1040. The van der Waals surface area contributed by atoms with E-state index in [9.17, 15) is 0 Å². The molecular formula is C24H32N6O. The number of anilines is 1. The number of aryl methyl sites for hydroxylation is 1. The third-order valence-electron chi connectivity index (χ3n) is 5.74. The number of rotatable bonds is 7. The summed E-state index contributed by atoms with van der Waals surface area (Å²) >= 11 is 0.